The van der Waals surface area contributed by atoms with Gasteiger partial charge in [0.25, 0.3) is 5.91 Å². The molecule has 1 amide bonds. The second-order valence-corrected chi connectivity index (χ2v) is 8.29. The third-order valence-corrected chi connectivity index (χ3v) is 5.83. The standard InChI is InChI=1S/C24H24N4O2S/c1-5-30-20-8-6-19(7-9-20)26-24-27-23(29)21(31-24)14-18-13-16(3)28(17(18)4)22-12-15(2)10-11-25-22/h6-14H,5H2,1-4H3,(H,26,27,29)/b21-14+. The lowest BCUT2D eigenvalue weighted by Gasteiger charge is -2.09. The van der Waals surface area contributed by atoms with Crippen LogP contribution in [0.2, 0.25) is 0 Å². The number of rotatable bonds is 5. The summed E-state index contributed by atoms with van der Waals surface area (Å²) in [5.41, 5.74) is 5.00. The number of nitrogens with one attached hydrogen (secondary N) is 1. The van der Waals surface area contributed by atoms with Crippen LogP contribution in [0.15, 0.2) is 58.6 Å². The van der Waals surface area contributed by atoms with Crippen molar-refractivity contribution in [3.63, 3.8) is 0 Å². The number of amidine groups is 1. The Morgan fingerprint density at radius 1 is 1.16 bits per heavy atom. The van der Waals surface area contributed by atoms with Gasteiger partial charge >= 0.3 is 0 Å². The SMILES string of the molecule is CCOc1ccc(N=C2NC(=O)/C(=C\c3cc(C)n(-c4cc(C)ccn4)c3C)S2)cc1. The fourth-order valence-electron chi connectivity index (χ4n) is 3.45. The summed E-state index contributed by atoms with van der Waals surface area (Å²) in [6, 6.07) is 13.6. The number of benzene rings is 1. The number of aryl methyl sites for hydroxylation is 2. The summed E-state index contributed by atoms with van der Waals surface area (Å²) in [6.07, 6.45) is 3.72. The molecule has 1 aliphatic rings. The van der Waals surface area contributed by atoms with E-state index in [9.17, 15) is 4.79 Å². The second kappa shape index (κ2) is 8.81. The summed E-state index contributed by atoms with van der Waals surface area (Å²) in [4.78, 5) is 22.2. The van der Waals surface area contributed by atoms with Gasteiger partial charge in [-0.2, -0.15) is 0 Å². The summed E-state index contributed by atoms with van der Waals surface area (Å²) in [6.45, 7) is 8.69. The van der Waals surface area contributed by atoms with Crippen molar-refractivity contribution in [3.8, 4) is 11.6 Å². The molecule has 7 heteroatoms. The van der Waals surface area contributed by atoms with E-state index in [0.717, 1.165) is 39.8 Å². The van der Waals surface area contributed by atoms with Gasteiger partial charge in [0.2, 0.25) is 0 Å². The van der Waals surface area contributed by atoms with Gasteiger partial charge in [0.05, 0.1) is 17.2 Å². The van der Waals surface area contributed by atoms with E-state index in [0.29, 0.717) is 16.7 Å². The Morgan fingerprint density at radius 2 is 1.94 bits per heavy atom. The van der Waals surface area contributed by atoms with E-state index in [-0.39, 0.29) is 5.91 Å². The molecule has 4 rings (SSSR count). The Labute approximate surface area is 186 Å². The largest absolute Gasteiger partial charge is 0.494 e. The van der Waals surface area contributed by atoms with Gasteiger partial charge in [0.1, 0.15) is 11.6 Å². The Balaban J connectivity index is 1.58. The molecule has 1 fully saturated rings. The van der Waals surface area contributed by atoms with E-state index in [2.05, 4.69) is 32.0 Å². The van der Waals surface area contributed by atoms with E-state index in [4.69, 9.17) is 4.74 Å². The zero-order chi connectivity index (χ0) is 22.0. The molecule has 0 atom stereocenters. The zero-order valence-corrected chi connectivity index (χ0v) is 18.8. The van der Waals surface area contributed by atoms with Crippen LogP contribution in [0.5, 0.6) is 5.75 Å². The summed E-state index contributed by atoms with van der Waals surface area (Å²) >= 11 is 1.34. The number of nitrogens with zero attached hydrogens (tertiary/aromatic N) is 3. The van der Waals surface area contributed by atoms with Crippen molar-refractivity contribution in [3.05, 3.63) is 76.1 Å². The predicted molar refractivity (Wildman–Crippen MR) is 126 cm³/mol. The summed E-state index contributed by atoms with van der Waals surface area (Å²) in [5, 5.41) is 3.41. The maximum Gasteiger partial charge on any atom is 0.264 e. The average Bonchev–Trinajstić information content (AvgIpc) is 3.22. The molecule has 1 saturated heterocycles. The summed E-state index contributed by atoms with van der Waals surface area (Å²) in [7, 11) is 0. The molecule has 0 spiro atoms. The highest BCUT2D eigenvalue weighted by atomic mass is 32.2. The maximum atomic E-state index is 12.5. The Morgan fingerprint density at radius 3 is 2.65 bits per heavy atom. The van der Waals surface area contributed by atoms with E-state index < -0.39 is 0 Å². The molecule has 2 aromatic heterocycles. The van der Waals surface area contributed by atoms with E-state index >= 15 is 0 Å². The summed E-state index contributed by atoms with van der Waals surface area (Å²) in [5.74, 6) is 1.53. The number of pyridine rings is 1. The molecule has 1 N–H and O–H groups in total. The zero-order valence-electron chi connectivity index (χ0n) is 18.0. The van der Waals surface area contributed by atoms with Crippen LogP contribution in [0.1, 0.15) is 29.4 Å². The third-order valence-electron chi connectivity index (χ3n) is 4.92. The second-order valence-electron chi connectivity index (χ2n) is 7.26. The smallest absolute Gasteiger partial charge is 0.264 e. The van der Waals surface area contributed by atoms with Crippen LogP contribution in [0, 0.1) is 20.8 Å². The number of amides is 1. The number of hydrogen-bond acceptors (Lipinski definition) is 5. The van der Waals surface area contributed by atoms with E-state index in [1.165, 1.54) is 11.8 Å². The minimum atomic E-state index is -0.145. The highest BCUT2D eigenvalue weighted by Gasteiger charge is 2.24. The van der Waals surface area contributed by atoms with Gasteiger partial charge in [0.15, 0.2) is 5.17 Å². The molecule has 1 aromatic carbocycles. The van der Waals surface area contributed by atoms with Crippen molar-refractivity contribution >= 4 is 34.6 Å². The lowest BCUT2D eigenvalue weighted by Crippen LogP contribution is -2.19. The van der Waals surface area contributed by atoms with Crippen molar-refractivity contribution in [2.75, 3.05) is 6.61 Å². The molecule has 3 heterocycles. The minimum absolute atomic E-state index is 0.145. The summed E-state index contributed by atoms with van der Waals surface area (Å²) < 4.78 is 7.56. The van der Waals surface area contributed by atoms with Crippen LogP contribution in [0.3, 0.4) is 0 Å². The van der Waals surface area contributed by atoms with Gasteiger partial charge < -0.3 is 14.6 Å². The number of thioether (sulfide) groups is 1. The number of ether oxygens (including phenoxy) is 1. The van der Waals surface area contributed by atoms with Gasteiger partial charge in [-0.3, -0.25) is 4.79 Å². The molecule has 158 valence electrons. The van der Waals surface area contributed by atoms with Crippen molar-refractivity contribution in [1.29, 1.82) is 0 Å². The monoisotopic (exact) mass is 432 g/mol. The van der Waals surface area contributed by atoms with Gasteiger partial charge in [-0.1, -0.05) is 0 Å². The number of aliphatic imine (C=N–C) groups is 1. The first-order valence-electron chi connectivity index (χ1n) is 10.1. The molecule has 1 aliphatic heterocycles. The van der Waals surface area contributed by atoms with Gasteiger partial charge in [-0.05, 0) is 99.1 Å². The Hall–Kier alpha value is -3.32. The topological polar surface area (TPSA) is 68.5 Å². The van der Waals surface area contributed by atoms with Gasteiger partial charge in [0, 0.05) is 17.6 Å². The lowest BCUT2D eigenvalue weighted by molar-refractivity contribution is -0.115. The Bertz CT molecular complexity index is 1190. The molecule has 0 bridgehead atoms. The number of aromatic nitrogens is 2. The fourth-order valence-corrected chi connectivity index (χ4v) is 4.28. The van der Waals surface area contributed by atoms with Crippen LogP contribution in [0.25, 0.3) is 11.9 Å². The fraction of sp³-hybridized carbons (Fsp3) is 0.208. The number of hydrogen-bond donors (Lipinski definition) is 1. The molecule has 0 aliphatic carbocycles. The first kappa shape index (κ1) is 20.9. The molecular weight excluding hydrogens is 408 g/mol. The molecular formula is C24H24N4O2S. The molecule has 0 radical (unpaired) electrons. The van der Waals surface area contributed by atoms with E-state index in [1.807, 2.05) is 70.3 Å². The van der Waals surface area contributed by atoms with E-state index in [1.54, 1.807) is 0 Å². The molecule has 0 saturated carbocycles. The molecule has 3 aromatic rings. The van der Waals surface area contributed by atoms with Crippen LogP contribution >= 0.6 is 11.8 Å². The normalized spacial score (nSPS) is 16.2. The Kier molecular flexibility index (Phi) is 5.95. The first-order chi connectivity index (χ1) is 14.9. The molecule has 0 unspecified atom stereocenters. The van der Waals surface area contributed by atoms with Crippen LogP contribution in [-0.4, -0.2) is 27.2 Å². The highest BCUT2D eigenvalue weighted by molar-refractivity contribution is 8.18. The predicted octanol–water partition coefficient (Wildman–Crippen LogP) is 5.09. The maximum absolute atomic E-state index is 12.5. The average molecular weight is 433 g/mol. The number of carbonyl (C=O) groups excluding carboxylic acids is 1. The van der Waals surface area contributed by atoms with Crippen molar-refractivity contribution < 1.29 is 9.53 Å². The molecule has 31 heavy (non-hydrogen) atoms. The minimum Gasteiger partial charge on any atom is -0.494 e. The van der Waals surface area contributed by atoms with Crippen molar-refractivity contribution in [1.82, 2.24) is 14.9 Å². The van der Waals surface area contributed by atoms with Crippen molar-refractivity contribution in [2.24, 2.45) is 4.99 Å². The number of carbonyl (C=O) groups is 1. The van der Waals surface area contributed by atoms with Crippen LogP contribution < -0.4 is 10.1 Å². The third kappa shape index (κ3) is 4.56. The molecule has 6 nitrogen and oxygen atoms in total. The van der Waals surface area contributed by atoms with Crippen molar-refractivity contribution in [2.45, 2.75) is 27.7 Å². The van der Waals surface area contributed by atoms with Gasteiger partial charge in [-0.25, -0.2) is 9.98 Å². The van der Waals surface area contributed by atoms with Crippen LogP contribution in [0.4, 0.5) is 5.69 Å². The lowest BCUT2D eigenvalue weighted by atomic mass is 10.2. The first-order valence-corrected chi connectivity index (χ1v) is 10.9. The van der Waals surface area contributed by atoms with Crippen LogP contribution in [-0.2, 0) is 4.79 Å². The van der Waals surface area contributed by atoms with Gasteiger partial charge in [-0.15, -0.1) is 0 Å². The quantitative estimate of drug-likeness (QED) is 0.571. The highest BCUT2D eigenvalue weighted by Crippen LogP contribution is 2.30.